The van der Waals surface area contributed by atoms with Gasteiger partial charge in [-0.15, -0.1) is 0 Å². The van der Waals surface area contributed by atoms with E-state index in [1.807, 2.05) is 35.4 Å². The Morgan fingerprint density at radius 2 is 2.03 bits per heavy atom. The fraction of sp³-hybridized carbons (Fsp3) is 0.560. The van der Waals surface area contributed by atoms with Gasteiger partial charge < -0.3 is 23.6 Å². The first-order valence-electron chi connectivity index (χ1n) is 12.1. The fourth-order valence-corrected chi connectivity index (χ4v) is 5.44. The number of hydrogen-bond donors (Lipinski definition) is 0. The Hall–Kier alpha value is -2.71. The Labute approximate surface area is 193 Å². The van der Waals surface area contributed by atoms with Gasteiger partial charge in [-0.2, -0.15) is 0 Å². The maximum absolute atomic E-state index is 13.0. The third-order valence-corrected chi connectivity index (χ3v) is 7.43. The van der Waals surface area contributed by atoms with Crippen molar-refractivity contribution in [3.63, 3.8) is 0 Å². The summed E-state index contributed by atoms with van der Waals surface area (Å²) < 4.78 is 14.1. The Morgan fingerprint density at radius 1 is 1.21 bits per heavy atom. The minimum Gasteiger partial charge on any atom is -0.365 e. The quantitative estimate of drug-likeness (QED) is 0.576. The van der Waals surface area contributed by atoms with E-state index in [2.05, 4.69) is 21.7 Å². The number of piperidine rings is 1. The van der Waals surface area contributed by atoms with Crippen LogP contribution in [-0.4, -0.2) is 63.7 Å². The molecule has 3 aliphatic rings. The standard InChI is InChI=1S/C25H31N5O3/c1-28(16-18-6-7-18)17-19-15-26-24-25(32-13-12-30(19)24)8-10-29(11-9-25)23(31)14-21-20-4-2-3-5-22(20)33-27-21/h2-5,15,18H,6-14,16-17H2,1H3. The van der Waals surface area contributed by atoms with Crippen LogP contribution in [0.15, 0.2) is 35.0 Å². The highest BCUT2D eigenvalue weighted by Crippen LogP contribution is 2.39. The topological polar surface area (TPSA) is 76.6 Å². The van der Waals surface area contributed by atoms with E-state index in [9.17, 15) is 4.79 Å². The van der Waals surface area contributed by atoms with Crippen molar-refractivity contribution >= 4 is 16.9 Å². The number of para-hydroxylation sites is 1. The average molecular weight is 450 g/mol. The van der Waals surface area contributed by atoms with Crippen molar-refractivity contribution in [2.45, 2.75) is 50.8 Å². The number of benzene rings is 1. The van der Waals surface area contributed by atoms with Crippen LogP contribution in [0.2, 0.25) is 0 Å². The SMILES string of the molecule is CN(Cc1cnc2n1CCOC21CCN(C(=O)Cc2noc3ccccc23)CC1)CC1CC1. The van der Waals surface area contributed by atoms with Gasteiger partial charge in [0.25, 0.3) is 0 Å². The van der Waals surface area contributed by atoms with Crippen molar-refractivity contribution in [3.8, 4) is 0 Å². The van der Waals surface area contributed by atoms with E-state index < -0.39 is 0 Å². The largest absolute Gasteiger partial charge is 0.365 e. The summed E-state index contributed by atoms with van der Waals surface area (Å²) >= 11 is 0. The first-order valence-corrected chi connectivity index (χ1v) is 12.1. The maximum Gasteiger partial charge on any atom is 0.228 e. The molecule has 1 saturated carbocycles. The molecule has 1 saturated heterocycles. The molecule has 0 atom stereocenters. The van der Waals surface area contributed by atoms with Crippen LogP contribution in [-0.2, 0) is 34.6 Å². The predicted molar refractivity (Wildman–Crippen MR) is 122 cm³/mol. The summed E-state index contributed by atoms with van der Waals surface area (Å²) in [5.74, 6) is 2.01. The summed E-state index contributed by atoms with van der Waals surface area (Å²) in [6.07, 6.45) is 6.57. The summed E-state index contributed by atoms with van der Waals surface area (Å²) in [7, 11) is 2.20. The molecule has 0 bridgehead atoms. The van der Waals surface area contributed by atoms with Crippen LogP contribution >= 0.6 is 0 Å². The number of fused-ring (bicyclic) bond motifs is 3. The van der Waals surface area contributed by atoms with Gasteiger partial charge in [0.2, 0.25) is 5.91 Å². The third kappa shape index (κ3) is 3.95. The van der Waals surface area contributed by atoms with Crippen molar-refractivity contribution in [1.29, 1.82) is 0 Å². The molecule has 8 heteroatoms. The van der Waals surface area contributed by atoms with Gasteiger partial charge in [0.1, 0.15) is 17.1 Å². The fourth-order valence-electron chi connectivity index (χ4n) is 5.44. The first-order chi connectivity index (χ1) is 16.1. The van der Waals surface area contributed by atoms with Gasteiger partial charge >= 0.3 is 0 Å². The number of hydrogen-bond acceptors (Lipinski definition) is 6. The van der Waals surface area contributed by atoms with Gasteiger partial charge in [-0.05, 0) is 37.9 Å². The molecule has 33 heavy (non-hydrogen) atoms. The highest BCUT2D eigenvalue weighted by molar-refractivity contribution is 5.86. The van der Waals surface area contributed by atoms with Crippen LogP contribution < -0.4 is 0 Å². The zero-order chi connectivity index (χ0) is 22.4. The molecule has 2 fully saturated rings. The lowest BCUT2D eigenvalue weighted by Gasteiger charge is -2.43. The highest BCUT2D eigenvalue weighted by atomic mass is 16.5. The summed E-state index contributed by atoms with van der Waals surface area (Å²) in [4.78, 5) is 22.2. The van der Waals surface area contributed by atoms with E-state index in [0.717, 1.165) is 48.6 Å². The third-order valence-electron chi connectivity index (χ3n) is 7.43. The number of aromatic nitrogens is 3. The van der Waals surface area contributed by atoms with E-state index in [4.69, 9.17) is 14.2 Å². The Kier molecular flexibility index (Phi) is 5.22. The lowest BCUT2D eigenvalue weighted by atomic mass is 9.89. The maximum atomic E-state index is 13.0. The van der Waals surface area contributed by atoms with Crippen LogP contribution in [0, 0.1) is 5.92 Å². The number of nitrogens with zero attached hydrogens (tertiary/aromatic N) is 5. The number of carbonyl (C=O) groups is 1. The van der Waals surface area contributed by atoms with Gasteiger partial charge in [-0.1, -0.05) is 17.3 Å². The Bertz CT molecular complexity index is 1160. The molecule has 0 N–H and O–H groups in total. The number of carbonyl (C=O) groups excluding carboxylic acids is 1. The molecule has 1 amide bonds. The van der Waals surface area contributed by atoms with E-state index >= 15 is 0 Å². The summed E-state index contributed by atoms with van der Waals surface area (Å²) in [6, 6.07) is 7.68. The molecule has 6 rings (SSSR count). The van der Waals surface area contributed by atoms with Crippen LogP contribution in [0.1, 0.15) is 42.9 Å². The minimum atomic E-state index is -0.386. The number of likely N-dealkylation sites (tertiary alicyclic amines) is 1. The van der Waals surface area contributed by atoms with Gasteiger partial charge in [-0.25, -0.2) is 4.98 Å². The van der Waals surface area contributed by atoms with Crippen molar-refractivity contribution in [2.24, 2.45) is 5.92 Å². The van der Waals surface area contributed by atoms with Crippen molar-refractivity contribution in [3.05, 3.63) is 47.7 Å². The summed E-state index contributed by atoms with van der Waals surface area (Å²) in [5, 5.41) is 5.04. The van der Waals surface area contributed by atoms with Crippen molar-refractivity contribution in [2.75, 3.05) is 33.3 Å². The average Bonchev–Trinajstić information content (AvgIpc) is 3.40. The Morgan fingerprint density at radius 3 is 2.85 bits per heavy atom. The molecule has 4 heterocycles. The second kappa shape index (κ2) is 8.25. The van der Waals surface area contributed by atoms with Crippen molar-refractivity contribution < 1.29 is 14.1 Å². The van der Waals surface area contributed by atoms with Crippen molar-refractivity contribution in [1.82, 2.24) is 24.5 Å². The second-order valence-corrected chi connectivity index (χ2v) is 9.89. The van der Waals surface area contributed by atoms with Crippen LogP contribution in [0.25, 0.3) is 11.0 Å². The summed E-state index contributed by atoms with van der Waals surface area (Å²) in [5.41, 5.74) is 2.31. The smallest absolute Gasteiger partial charge is 0.228 e. The van der Waals surface area contributed by atoms with E-state index in [0.29, 0.717) is 25.4 Å². The normalized spacial score (nSPS) is 20.0. The molecule has 2 aromatic heterocycles. The number of rotatable bonds is 6. The molecular formula is C25H31N5O3. The Balaban J connectivity index is 1.12. The molecule has 2 aliphatic heterocycles. The van der Waals surface area contributed by atoms with Gasteiger partial charge in [0, 0.05) is 57.1 Å². The first kappa shape index (κ1) is 20.9. The lowest BCUT2D eigenvalue weighted by Crippen LogP contribution is -2.50. The lowest BCUT2D eigenvalue weighted by molar-refractivity contribution is -0.143. The molecule has 1 aliphatic carbocycles. The van der Waals surface area contributed by atoms with E-state index in [1.54, 1.807) is 0 Å². The van der Waals surface area contributed by atoms with E-state index in [-0.39, 0.29) is 17.9 Å². The van der Waals surface area contributed by atoms with Gasteiger partial charge in [0.05, 0.1) is 18.7 Å². The van der Waals surface area contributed by atoms with E-state index in [1.165, 1.54) is 25.1 Å². The molecule has 8 nitrogen and oxygen atoms in total. The summed E-state index contributed by atoms with van der Waals surface area (Å²) in [6.45, 7) is 4.97. The van der Waals surface area contributed by atoms with Crippen LogP contribution in [0.4, 0.5) is 0 Å². The molecule has 1 spiro atoms. The highest BCUT2D eigenvalue weighted by Gasteiger charge is 2.44. The monoisotopic (exact) mass is 449 g/mol. The molecular weight excluding hydrogens is 418 g/mol. The van der Waals surface area contributed by atoms with Gasteiger partial charge in [0.15, 0.2) is 5.58 Å². The predicted octanol–water partition coefficient (Wildman–Crippen LogP) is 2.96. The molecule has 0 unspecified atom stereocenters. The zero-order valence-electron chi connectivity index (χ0n) is 19.2. The molecule has 174 valence electrons. The number of amides is 1. The molecule has 1 aromatic carbocycles. The van der Waals surface area contributed by atoms with Gasteiger partial charge in [-0.3, -0.25) is 4.79 Å². The minimum absolute atomic E-state index is 0.0884. The van der Waals surface area contributed by atoms with Crippen LogP contribution in [0.5, 0.6) is 0 Å². The number of ether oxygens (including phenoxy) is 1. The number of imidazole rings is 1. The second-order valence-electron chi connectivity index (χ2n) is 9.89. The molecule has 0 radical (unpaired) electrons. The molecule has 3 aromatic rings. The zero-order valence-corrected chi connectivity index (χ0v) is 19.2. The van der Waals surface area contributed by atoms with Crippen LogP contribution in [0.3, 0.4) is 0 Å².